The van der Waals surface area contributed by atoms with Crippen LogP contribution in [-0.4, -0.2) is 16.1 Å². The summed E-state index contributed by atoms with van der Waals surface area (Å²) in [6.07, 6.45) is 1.76. The van der Waals surface area contributed by atoms with Gasteiger partial charge in [0.15, 0.2) is 0 Å². The second kappa shape index (κ2) is 3.82. The molecule has 0 aliphatic rings. The van der Waals surface area contributed by atoms with Crippen molar-refractivity contribution in [3.8, 4) is 10.4 Å². The van der Waals surface area contributed by atoms with Crippen molar-refractivity contribution in [1.82, 2.24) is 4.98 Å². The topological polar surface area (TPSA) is 50.2 Å². The lowest BCUT2D eigenvalue weighted by Crippen LogP contribution is -1.91. The van der Waals surface area contributed by atoms with Crippen molar-refractivity contribution in [2.24, 2.45) is 0 Å². The van der Waals surface area contributed by atoms with Crippen molar-refractivity contribution < 1.29 is 9.90 Å². The maximum Gasteiger partial charge on any atom is 0.336 e. The Bertz CT molecular complexity index is 488. The predicted molar refractivity (Wildman–Crippen MR) is 59.2 cm³/mol. The summed E-state index contributed by atoms with van der Waals surface area (Å²) in [6.45, 7) is 1.92. The number of aromatic nitrogens is 1. The van der Waals surface area contributed by atoms with Gasteiger partial charge in [0.25, 0.3) is 0 Å². The van der Waals surface area contributed by atoms with Crippen LogP contribution in [-0.2, 0) is 0 Å². The molecule has 0 spiro atoms. The molecule has 0 aromatic carbocycles. The second-order valence-corrected chi connectivity index (χ2v) is 4.10. The molecule has 1 N–H and O–H groups in total. The maximum absolute atomic E-state index is 10.7. The Hall–Kier alpha value is -1.68. The third-order valence-electron chi connectivity index (χ3n) is 2.04. The quantitative estimate of drug-likeness (QED) is 0.844. The molecule has 2 aromatic heterocycles. The fraction of sp³-hybridized carbons (Fsp3) is 0.0909. The lowest BCUT2D eigenvalue weighted by atomic mass is 10.2. The maximum atomic E-state index is 10.7. The van der Waals surface area contributed by atoms with E-state index in [9.17, 15) is 4.79 Å². The minimum atomic E-state index is -0.891. The number of carbonyl (C=O) groups is 1. The molecule has 0 atom stereocenters. The normalized spacial score (nSPS) is 10.2. The number of carboxylic acids is 1. The van der Waals surface area contributed by atoms with E-state index in [0.717, 1.165) is 16.1 Å². The fourth-order valence-electron chi connectivity index (χ4n) is 1.21. The highest BCUT2D eigenvalue weighted by Crippen LogP contribution is 2.26. The predicted octanol–water partition coefficient (Wildman–Crippen LogP) is 2.82. The molecule has 0 bridgehead atoms. The summed E-state index contributed by atoms with van der Waals surface area (Å²) in [4.78, 5) is 15.8. The highest BCUT2D eigenvalue weighted by atomic mass is 32.1. The van der Waals surface area contributed by atoms with E-state index in [1.165, 1.54) is 11.3 Å². The van der Waals surface area contributed by atoms with Crippen molar-refractivity contribution in [3.63, 3.8) is 0 Å². The van der Waals surface area contributed by atoms with Crippen LogP contribution in [0.3, 0.4) is 0 Å². The molecule has 0 saturated carbocycles. The van der Waals surface area contributed by atoms with E-state index in [1.54, 1.807) is 17.6 Å². The van der Waals surface area contributed by atoms with E-state index in [0.29, 0.717) is 5.56 Å². The fourth-order valence-corrected chi connectivity index (χ4v) is 2.09. The average molecular weight is 219 g/mol. The zero-order valence-corrected chi connectivity index (χ0v) is 8.91. The van der Waals surface area contributed by atoms with E-state index >= 15 is 0 Å². The van der Waals surface area contributed by atoms with Crippen LogP contribution >= 0.6 is 11.3 Å². The summed E-state index contributed by atoms with van der Waals surface area (Å²) >= 11 is 1.42. The minimum absolute atomic E-state index is 0.329. The molecule has 0 unspecified atom stereocenters. The van der Waals surface area contributed by atoms with Gasteiger partial charge in [-0.25, -0.2) is 4.79 Å². The first-order chi connectivity index (χ1) is 7.16. The molecule has 0 aliphatic carbocycles. The van der Waals surface area contributed by atoms with E-state index in [-0.39, 0.29) is 0 Å². The number of thiophene rings is 1. The molecule has 0 aliphatic heterocycles. The number of hydrogen-bond donors (Lipinski definition) is 1. The van der Waals surface area contributed by atoms with Crippen LogP contribution in [0.5, 0.6) is 0 Å². The molecule has 2 rings (SSSR count). The largest absolute Gasteiger partial charge is 0.478 e. The number of rotatable bonds is 2. The van der Waals surface area contributed by atoms with Gasteiger partial charge in [-0.2, -0.15) is 0 Å². The first-order valence-electron chi connectivity index (χ1n) is 4.41. The molecule has 0 amide bonds. The SMILES string of the molecule is Cc1ccc(-c2cc(C(=O)O)cs2)cn1. The standard InChI is InChI=1S/C11H9NO2S/c1-7-2-3-8(5-12-7)10-4-9(6-15-10)11(13)14/h2-6H,1H3,(H,13,14). The Labute approximate surface area is 91.0 Å². The molecular weight excluding hydrogens is 210 g/mol. The number of hydrogen-bond acceptors (Lipinski definition) is 3. The molecule has 0 fully saturated rings. The van der Waals surface area contributed by atoms with Crippen LogP contribution in [0.2, 0.25) is 0 Å². The molecule has 0 saturated heterocycles. The Balaban J connectivity index is 2.37. The van der Waals surface area contributed by atoms with Gasteiger partial charge in [-0.05, 0) is 19.1 Å². The molecule has 2 aromatic rings. The van der Waals surface area contributed by atoms with Gasteiger partial charge in [-0.15, -0.1) is 11.3 Å². The van der Waals surface area contributed by atoms with Crippen molar-refractivity contribution in [3.05, 3.63) is 41.0 Å². The van der Waals surface area contributed by atoms with Crippen molar-refractivity contribution in [1.29, 1.82) is 0 Å². The minimum Gasteiger partial charge on any atom is -0.478 e. The Kier molecular flexibility index (Phi) is 2.51. The van der Waals surface area contributed by atoms with Gasteiger partial charge < -0.3 is 5.11 Å². The summed E-state index contributed by atoms with van der Waals surface area (Å²) in [5, 5.41) is 10.4. The van der Waals surface area contributed by atoms with Gasteiger partial charge in [0, 0.05) is 27.7 Å². The first kappa shape index (κ1) is 9.86. The zero-order valence-electron chi connectivity index (χ0n) is 8.10. The molecule has 15 heavy (non-hydrogen) atoms. The highest BCUT2D eigenvalue weighted by Gasteiger charge is 2.07. The van der Waals surface area contributed by atoms with Crippen LogP contribution in [0, 0.1) is 6.92 Å². The first-order valence-corrected chi connectivity index (χ1v) is 5.29. The number of pyridine rings is 1. The van der Waals surface area contributed by atoms with Crippen LogP contribution in [0.25, 0.3) is 10.4 Å². The van der Waals surface area contributed by atoms with Gasteiger partial charge in [-0.1, -0.05) is 6.07 Å². The average Bonchev–Trinajstić information content (AvgIpc) is 2.68. The van der Waals surface area contributed by atoms with Crippen molar-refractivity contribution in [2.45, 2.75) is 6.92 Å². The monoisotopic (exact) mass is 219 g/mol. The van der Waals surface area contributed by atoms with Gasteiger partial charge in [0.2, 0.25) is 0 Å². The molecule has 76 valence electrons. The second-order valence-electron chi connectivity index (χ2n) is 3.19. The summed E-state index contributed by atoms with van der Waals surface area (Å²) in [7, 11) is 0. The lowest BCUT2D eigenvalue weighted by molar-refractivity contribution is 0.0697. The Morgan fingerprint density at radius 3 is 2.80 bits per heavy atom. The van der Waals surface area contributed by atoms with Gasteiger partial charge in [0.05, 0.1) is 5.56 Å². The molecule has 3 nitrogen and oxygen atoms in total. The summed E-state index contributed by atoms with van der Waals surface area (Å²) in [5.74, 6) is -0.891. The van der Waals surface area contributed by atoms with Crippen LogP contribution in [0.15, 0.2) is 29.8 Å². The summed E-state index contributed by atoms with van der Waals surface area (Å²) in [5.41, 5.74) is 2.24. The molecular formula is C11H9NO2S. The summed E-state index contributed by atoms with van der Waals surface area (Å²) in [6, 6.07) is 5.52. The number of aryl methyl sites for hydroxylation is 1. The van der Waals surface area contributed by atoms with Crippen LogP contribution < -0.4 is 0 Å². The van der Waals surface area contributed by atoms with Gasteiger partial charge >= 0.3 is 5.97 Å². The lowest BCUT2D eigenvalue weighted by Gasteiger charge is -1.96. The third-order valence-corrected chi connectivity index (χ3v) is 3.02. The van der Waals surface area contributed by atoms with E-state index in [4.69, 9.17) is 5.11 Å². The van der Waals surface area contributed by atoms with Crippen LogP contribution in [0.4, 0.5) is 0 Å². The number of carboxylic acid groups (broad SMARTS) is 1. The van der Waals surface area contributed by atoms with E-state index in [2.05, 4.69) is 4.98 Å². The zero-order chi connectivity index (χ0) is 10.8. The Morgan fingerprint density at radius 1 is 1.47 bits per heavy atom. The van der Waals surface area contributed by atoms with E-state index in [1.807, 2.05) is 19.1 Å². The number of aromatic carboxylic acids is 1. The number of nitrogens with zero attached hydrogens (tertiary/aromatic N) is 1. The Morgan fingerprint density at radius 2 is 2.27 bits per heavy atom. The molecule has 4 heteroatoms. The van der Waals surface area contributed by atoms with Crippen molar-refractivity contribution in [2.75, 3.05) is 0 Å². The van der Waals surface area contributed by atoms with Crippen molar-refractivity contribution >= 4 is 17.3 Å². The van der Waals surface area contributed by atoms with Crippen LogP contribution in [0.1, 0.15) is 16.1 Å². The smallest absolute Gasteiger partial charge is 0.336 e. The highest BCUT2D eigenvalue weighted by molar-refractivity contribution is 7.13. The van der Waals surface area contributed by atoms with Gasteiger partial charge in [0.1, 0.15) is 0 Å². The molecule has 2 heterocycles. The van der Waals surface area contributed by atoms with Gasteiger partial charge in [-0.3, -0.25) is 4.98 Å². The third kappa shape index (κ3) is 2.05. The summed E-state index contributed by atoms with van der Waals surface area (Å²) < 4.78 is 0. The van der Waals surface area contributed by atoms with E-state index < -0.39 is 5.97 Å². The molecule has 0 radical (unpaired) electrons.